The van der Waals surface area contributed by atoms with Crippen molar-refractivity contribution in [2.45, 2.75) is 18.9 Å². The quantitative estimate of drug-likeness (QED) is 0.532. The minimum atomic E-state index is -2.97. The zero-order valence-corrected chi connectivity index (χ0v) is 6.61. The van der Waals surface area contributed by atoms with Gasteiger partial charge in [-0.15, -0.1) is 0 Å². The Balaban J connectivity index is 4.41. The highest BCUT2D eigenvalue weighted by molar-refractivity contribution is 5.77. The van der Waals surface area contributed by atoms with E-state index >= 15 is 0 Å². The minimum Gasteiger partial charge on any atom is -0.480 e. The number of hydrogen-bond acceptors (Lipinski definition) is 3. The van der Waals surface area contributed by atoms with E-state index < -0.39 is 36.7 Å². The smallest absolute Gasteiger partial charge is 0.320 e. The summed E-state index contributed by atoms with van der Waals surface area (Å²) >= 11 is 0. The number of halogens is 2. The normalized spacial score (nSPS) is 15.4. The lowest BCUT2D eigenvalue weighted by molar-refractivity contribution is -0.142. The predicted molar refractivity (Wildman–Crippen MR) is 38.9 cm³/mol. The highest BCUT2D eigenvalue weighted by atomic mass is 19.3. The van der Waals surface area contributed by atoms with Crippen molar-refractivity contribution in [2.75, 3.05) is 0 Å². The summed E-state index contributed by atoms with van der Waals surface area (Å²) in [6.07, 6.45) is -3.70. The van der Waals surface area contributed by atoms with Gasteiger partial charge in [0.2, 0.25) is 12.3 Å². The zero-order valence-electron chi connectivity index (χ0n) is 6.61. The first-order valence-electron chi connectivity index (χ1n) is 3.41. The van der Waals surface area contributed by atoms with Crippen molar-refractivity contribution in [3.8, 4) is 0 Å². The van der Waals surface area contributed by atoms with Crippen molar-refractivity contribution in [3.05, 3.63) is 0 Å². The monoisotopic (exact) mass is 196 g/mol. The maximum absolute atomic E-state index is 12.1. The summed E-state index contributed by atoms with van der Waals surface area (Å²) < 4.78 is 24.2. The maximum Gasteiger partial charge on any atom is 0.320 e. The SMILES string of the molecule is NC(=O)CC(C(F)F)C(N)C(=O)O. The summed E-state index contributed by atoms with van der Waals surface area (Å²) in [5.74, 6) is -4.30. The van der Waals surface area contributed by atoms with E-state index in [-0.39, 0.29) is 0 Å². The Morgan fingerprint density at radius 1 is 1.38 bits per heavy atom. The molecule has 0 aliphatic rings. The fraction of sp³-hybridized carbons (Fsp3) is 0.667. The van der Waals surface area contributed by atoms with Crippen molar-refractivity contribution in [3.63, 3.8) is 0 Å². The van der Waals surface area contributed by atoms with Crippen LogP contribution < -0.4 is 11.5 Å². The van der Waals surface area contributed by atoms with E-state index in [9.17, 15) is 18.4 Å². The fourth-order valence-electron chi connectivity index (χ4n) is 0.788. The molecule has 5 N–H and O–H groups in total. The largest absolute Gasteiger partial charge is 0.480 e. The summed E-state index contributed by atoms with van der Waals surface area (Å²) in [7, 11) is 0. The lowest BCUT2D eigenvalue weighted by Crippen LogP contribution is -2.43. The molecule has 0 saturated heterocycles. The molecule has 2 atom stereocenters. The zero-order chi connectivity index (χ0) is 10.6. The second-order valence-corrected chi connectivity index (χ2v) is 2.53. The van der Waals surface area contributed by atoms with Gasteiger partial charge in [0, 0.05) is 6.42 Å². The Hall–Kier alpha value is -1.24. The van der Waals surface area contributed by atoms with Crippen LogP contribution in [0.5, 0.6) is 0 Å². The van der Waals surface area contributed by atoms with Crippen LogP contribution >= 0.6 is 0 Å². The van der Waals surface area contributed by atoms with Crippen LogP contribution in [0.4, 0.5) is 8.78 Å². The topological polar surface area (TPSA) is 106 Å². The average Bonchev–Trinajstić information content (AvgIpc) is 1.97. The first-order chi connectivity index (χ1) is 5.86. The summed E-state index contributed by atoms with van der Waals surface area (Å²) in [6.45, 7) is 0. The second kappa shape index (κ2) is 4.70. The molecular formula is C6H10F2N2O3. The van der Waals surface area contributed by atoms with Gasteiger partial charge in [-0.3, -0.25) is 9.59 Å². The molecule has 0 bridgehead atoms. The lowest BCUT2D eigenvalue weighted by atomic mass is 9.97. The number of alkyl halides is 2. The summed E-state index contributed by atoms with van der Waals surface area (Å²) in [5.41, 5.74) is 9.57. The van der Waals surface area contributed by atoms with Crippen LogP contribution in [0, 0.1) is 5.92 Å². The number of carbonyl (C=O) groups is 2. The molecule has 0 aliphatic carbocycles. The van der Waals surface area contributed by atoms with Crippen LogP contribution in [0.15, 0.2) is 0 Å². The molecule has 0 aliphatic heterocycles. The number of carboxylic acid groups (broad SMARTS) is 1. The van der Waals surface area contributed by atoms with Gasteiger partial charge in [-0.1, -0.05) is 0 Å². The fourth-order valence-corrected chi connectivity index (χ4v) is 0.788. The molecule has 0 saturated carbocycles. The highest BCUT2D eigenvalue weighted by Gasteiger charge is 2.33. The van der Waals surface area contributed by atoms with Gasteiger partial charge in [-0.2, -0.15) is 0 Å². The van der Waals surface area contributed by atoms with Crippen LogP contribution in [0.2, 0.25) is 0 Å². The number of carboxylic acids is 1. The number of amides is 1. The molecule has 0 radical (unpaired) electrons. The minimum absolute atomic E-state index is 0.731. The Morgan fingerprint density at radius 3 is 2.08 bits per heavy atom. The average molecular weight is 196 g/mol. The third kappa shape index (κ3) is 3.79. The second-order valence-electron chi connectivity index (χ2n) is 2.53. The van der Waals surface area contributed by atoms with Crippen molar-refractivity contribution < 1.29 is 23.5 Å². The molecule has 0 aromatic heterocycles. The predicted octanol–water partition coefficient (Wildman–Crippen LogP) is -0.845. The maximum atomic E-state index is 12.1. The van der Waals surface area contributed by atoms with Gasteiger partial charge >= 0.3 is 5.97 Å². The third-order valence-corrected chi connectivity index (χ3v) is 1.51. The van der Waals surface area contributed by atoms with E-state index in [2.05, 4.69) is 5.73 Å². The van der Waals surface area contributed by atoms with Crippen molar-refractivity contribution in [2.24, 2.45) is 17.4 Å². The van der Waals surface area contributed by atoms with Crippen LogP contribution in [0.3, 0.4) is 0 Å². The van der Waals surface area contributed by atoms with Crippen LogP contribution in [0.25, 0.3) is 0 Å². The van der Waals surface area contributed by atoms with Crippen molar-refractivity contribution in [1.82, 2.24) is 0 Å². The Bertz CT molecular complexity index is 210. The van der Waals surface area contributed by atoms with E-state index in [1.165, 1.54) is 0 Å². The molecule has 0 fully saturated rings. The van der Waals surface area contributed by atoms with Gasteiger partial charge in [0.05, 0.1) is 5.92 Å². The van der Waals surface area contributed by atoms with Gasteiger partial charge < -0.3 is 16.6 Å². The first-order valence-corrected chi connectivity index (χ1v) is 3.41. The Kier molecular flexibility index (Phi) is 4.26. The standard InChI is InChI=1S/C6H10F2N2O3/c7-5(8)2(1-3(9)11)4(10)6(12)13/h2,4-5H,1,10H2,(H2,9,11)(H,12,13). The molecule has 1 amide bonds. The van der Waals surface area contributed by atoms with E-state index in [1.54, 1.807) is 0 Å². The molecule has 0 heterocycles. The number of aliphatic carboxylic acids is 1. The number of hydrogen-bond donors (Lipinski definition) is 3. The molecule has 7 heteroatoms. The lowest BCUT2D eigenvalue weighted by Gasteiger charge is -2.17. The van der Waals surface area contributed by atoms with Gasteiger partial charge in [-0.05, 0) is 0 Å². The summed E-state index contributed by atoms with van der Waals surface area (Å²) in [4.78, 5) is 20.5. The van der Waals surface area contributed by atoms with Crippen LogP contribution in [0.1, 0.15) is 6.42 Å². The highest BCUT2D eigenvalue weighted by Crippen LogP contribution is 2.17. The number of nitrogens with two attached hydrogens (primary N) is 2. The molecular weight excluding hydrogens is 186 g/mol. The Labute approximate surface area is 72.7 Å². The number of carbonyl (C=O) groups excluding carboxylic acids is 1. The third-order valence-electron chi connectivity index (χ3n) is 1.51. The van der Waals surface area contributed by atoms with Crippen molar-refractivity contribution >= 4 is 11.9 Å². The van der Waals surface area contributed by atoms with Gasteiger partial charge in [0.1, 0.15) is 6.04 Å². The molecule has 0 aromatic rings. The molecule has 5 nitrogen and oxygen atoms in total. The van der Waals surface area contributed by atoms with E-state index in [1.807, 2.05) is 0 Å². The van der Waals surface area contributed by atoms with Crippen LogP contribution in [-0.4, -0.2) is 29.5 Å². The molecule has 2 unspecified atom stereocenters. The molecule has 0 aromatic carbocycles. The molecule has 13 heavy (non-hydrogen) atoms. The van der Waals surface area contributed by atoms with Gasteiger partial charge in [-0.25, -0.2) is 8.78 Å². The molecule has 0 spiro atoms. The van der Waals surface area contributed by atoms with E-state index in [0.29, 0.717) is 0 Å². The molecule has 0 rings (SSSR count). The molecule has 76 valence electrons. The summed E-state index contributed by atoms with van der Waals surface area (Å²) in [5, 5.41) is 8.30. The number of rotatable bonds is 5. The first kappa shape index (κ1) is 11.8. The summed E-state index contributed by atoms with van der Waals surface area (Å²) in [6, 6.07) is -1.77. The van der Waals surface area contributed by atoms with E-state index in [4.69, 9.17) is 10.8 Å². The number of primary amides is 1. The van der Waals surface area contributed by atoms with E-state index in [0.717, 1.165) is 0 Å². The Morgan fingerprint density at radius 2 is 1.85 bits per heavy atom. The van der Waals surface area contributed by atoms with Gasteiger partial charge in [0.15, 0.2) is 0 Å². The van der Waals surface area contributed by atoms with Crippen LogP contribution in [-0.2, 0) is 9.59 Å². The van der Waals surface area contributed by atoms with Crippen molar-refractivity contribution in [1.29, 1.82) is 0 Å². The van der Waals surface area contributed by atoms with Gasteiger partial charge in [0.25, 0.3) is 0 Å².